The summed E-state index contributed by atoms with van der Waals surface area (Å²) in [4.78, 5) is 20.5. The van der Waals surface area contributed by atoms with E-state index in [0.29, 0.717) is 10.7 Å². The number of carbonyl (C=O) groups is 1. The maximum Gasteiger partial charge on any atom is 0.219 e. The molecule has 1 N–H and O–H groups in total. The zero-order valence-corrected chi connectivity index (χ0v) is 19.5. The van der Waals surface area contributed by atoms with E-state index in [4.69, 9.17) is 0 Å². The molecule has 3 aliphatic rings. The first kappa shape index (κ1) is 22.1. The van der Waals surface area contributed by atoms with Crippen LogP contribution in [-0.4, -0.2) is 71.9 Å². The number of guanidine groups is 1. The molecule has 2 aliphatic heterocycles. The molecule has 7 heteroatoms. The summed E-state index contributed by atoms with van der Waals surface area (Å²) in [5, 5.41) is 3.64. The van der Waals surface area contributed by atoms with Crippen molar-refractivity contribution < 1.29 is 4.79 Å². The molecule has 1 saturated carbocycles. The van der Waals surface area contributed by atoms with E-state index < -0.39 is 0 Å². The number of thioether (sulfide) groups is 1. The molecular formula is C19H35IN4OS. The van der Waals surface area contributed by atoms with Gasteiger partial charge < -0.3 is 15.1 Å². The third-order valence-corrected chi connectivity index (χ3v) is 7.67. The second-order valence-electron chi connectivity index (χ2n) is 7.89. The van der Waals surface area contributed by atoms with E-state index in [1.807, 2.05) is 11.9 Å². The normalized spacial score (nSPS) is 24.3. The second kappa shape index (κ2) is 10.4. The first-order valence-corrected chi connectivity index (χ1v) is 11.0. The van der Waals surface area contributed by atoms with Crippen LogP contribution in [0, 0.1) is 5.92 Å². The Kier molecular flexibility index (Phi) is 8.83. The van der Waals surface area contributed by atoms with Crippen LogP contribution >= 0.6 is 35.7 Å². The van der Waals surface area contributed by atoms with Crippen molar-refractivity contribution in [3.8, 4) is 0 Å². The van der Waals surface area contributed by atoms with Gasteiger partial charge in [-0.25, -0.2) is 0 Å². The number of nitrogens with zero attached hydrogens (tertiary/aromatic N) is 3. The van der Waals surface area contributed by atoms with Gasteiger partial charge in [-0.3, -0.25) is 9.79 Å². The maximum absolute atomic E-state index is 11.5. The summed E-state index contributed by atoms with van der Waals surface area (Å²) in [6, 6.07) is 0. The highest BCUT2D eigenvalue weighted by Crippen LogP contribution is 2.42. The standard InChI is InChI=1S/C19H34N4OS.HI/c1-16(24)22-10-6-17(7-11-22)14-21-18(20-2)23-12-13-25-19(15-23)8-4-3-5-9-19;/h17H,3-15H2,1-2H3,(H,20,21);1H. The summed E-state index contributed by atoms with van der Waals surface area (Å²) in [5.41, 5.74) is 0. The first-order valence-electron chi connectivity index (χ1n) is 9.97. The molecule has 1 aliphatic carbocycles. The van der Waals surface area contributed by atoms with Crippen LogP contribution in [-0.2, 0) is 4.79 Å². The quantitative estimate of drug-likeness (QED) is 0.364. The molecule has 1 amide bonds. The van der Waals surface area contributed by atoms with E-state index in [9.17, 15) is 4.79 Å². The molecule has 3 rings (SSSR count). The SMILES string of the molecule is CN=C(NCC1CCN(C(C)=O)CC1)N1CCSC2(CCCCC2)C1.I. The van der Waals surface area contributed by atoms with Crippen molar-refractivity contribution in [1.82, 2.24) is 15.1 Å². The number of rotatable bonds is 2. The Morgan fingerprint density at radius 1 is 1.15 bits per heavy atom. The molecule has 0 aromatic carbocycles. The minimum absolute atomic E-state index is 0. The minimum atomic E-state index is 0. The van der Waals surface area contributed by atoms with Crippen LogP contribution in [0.25, 0.3) is 0 Å². The van der Waals surface area contributed by atoms with E-state index >= 15 is 0 Å². The van der Waals surface area contributed by atoms with Gasteiger partial charge in [0.1, 0.15) is 0 Å². The molecule has 2 heterocycles. The fraction of sp³-hybridized carbons (Fsp3) is 0.895. The number of amides is 1. The topological polar surface area (TPSA) is 47.9 Å². The Balaban J connectivity index is 0.00000243. The molecule has 0 radical (unpaired) electrons. The highest BCUT2D eigenvalue weighted by Gasteiger charge is 2.38. The predicted molar refractivity (Wildman–Crippen MR) is 122 cm³/mol. The van der Waals surface area contributed by atoms with Gasteiger partial charge in [0.25, 0.3) is 0 Å². The molecule has 1 spiro atoms. The van der Waals surface area contributed by atoms with Crippen molar-refractivity contribution >= 4 is 47.6 Å². The van der Waals surface area contributed by atoms with Gasteiger partial charge in [0.2, 0.25) is 5.91 Å². The summed E-state index contributed by atoms with van der Waals surface area (Å²) in [5.74, 6) is 3.16. The van der Waals surface area contributed by atoms with Gasteiger partial charge in [-0.15, -0.1) is 24.0 Å². The minimum Gasteiger partial charge on any atom is -0.356 e. The third-order valence-electron chi connectivity index (χ3n) is 6.13. The molecule has 0 aromatic rings. The molecule has 26 heavy (non-hydrogen) atoms. The number of nitrogens with one attached hydrogen (secondary N) is 1. The van der Waals surface area contributed by atoms with Crippen LogP contribution in [0.2, 0.25) is 0 Å². The largest absolute Gasteiger partial charge is 0.356 e. The van der Waals surface area contributed by atoms with Crippen molar-refractivity contribution in [2.75, 3.05) is 45.5 Å². The fourth-order valence-electron chi connectivity index (χ4n) is 4.54. The van der Waals surface area contributed by atoms with Gasteiger partial charge in [0.05, 0.1) is 0 Å². The maximum atomic E-state index is 11.5. The number of halogens is 1. The fourth-order valence-corrected chi connectivity index (χ4v) is 6.11. The Labute approximate surface area is 180 Å². The van der Waals surface area contributed by atoms with Gasteiger partial charge >= 0.3 is 0 Å². The van der Waals surface area contributed by atoms with Crippen molar-refractivity contribution in [3.63, 3.8) is 0 Å². The van der Waals surface area contributed by atoms with Crippen molar-refractivity contribution in [1.29, 1.82) is 0 Å². The molecule has 2 saturated heterocycles. The van der Waals surface area contributed by atoms with Crippen LogP contribution < -0.4 is 5.32 Å². The van der Waals surface area contributed by atoms with E-state index in [1.54, 1.807) is 6.92 Å². The van der Waals surface area contributed by atoms with Gasteiger partial charge in [0.15, 0.2) is 5.96 Å². The van der Waals surface area contributed by atoms with Crippen LogP contribution in [0.4, 0.5) is 0 Å². The van der Waals surface area contributed by atoms with E-state index in [-0.39, 0.29) is 29.9 Å². The van der Waals surface area contributed by atoms with Gasteiger partial charge in [0, 0.05) is 57.2 Å². The van der Waals surface area contributed by atoms with Gasteiger partial charge in [-0.1, -0.05) is 19.3 Å². The van der Waals surface area contributed by atoms with E-state index in [2.05, 4.69) is 27.0 Å². The predicted octanol–water partition coefficient (Wildman–Crippen LogP) is 3.19. The average Bonchev–Trinajstić information content (AvgIpc) is 2.63. The highest BCUT2D eigenvalue weighted by atomic mass is 127. The Morgan fingerprint density at radius 2 is 1.85 bits per heavy atom. The van der Waals surface area contributed by atoms with E-state index in [1.165, 1.54) is 37.9 Å². The summed E-state index contributed by atoms with van der Waals surface area (Å²) in [7, 11) is 1.91. The summed E-state index contributed by atoms with van der Waals surface area (Å²) < 4.78 is 0.473. The smallest absolute Gasteiger partial charge is 0.219 e. The number of likely N-dealkylation sites (tertiary alicyclic amines) is 1. The van der Waals surface area contributed by atoms with Crippen LogP contribution in [0.5, 0.6) is 0 Å². The lowest BCUT2D eigenvalue weighted by Crippen LogP contribution is -2.54. The number of hydrogen-bond donors (Lipinski definition) is 1. The molecule has 0 aromatic heterocycles. The van der Waals surface area contributed by atoms with Gasteiger partial charge in [-0.05, 0) is 31.6 Å². The Morgan fingerprint density at radius 3 is 2.46 bits per heavy atom. The number of hydrogen-bond acceptors (Lipinski definition) is 3. The zero-order chi connectivity index (χ0) is 17.7. The average molecular weight is 494 g/mol. The monoisotopic (exact) mass is 494 g/mol. The molecular weight excluding hydrogens is 459 g/mol. The lowest BCUT2D eigenvalue weighted by molar-refractivity contribution is -0.130. The second-order valence-corrected chi connectivity index (χ2v) is 9.45. The number of carbonyl (C=O) groups excluding carboxylic acids is 1. The third kappa shape index (κ3) is 5.66. The Bertz CT molecular complexity index is 482. The zero-order valence-electron chi connectivity index (χ0n) is 16.3. The van der Waals surface area contributed by atoms with Gasteiger partial charge in [-0.2, -0.15) is 11.8 Å². The van der Waals surface area contributed by atoms with Crippen molar-refractivity contribution in [3.05, 3.63) is 0 Å². The molecule has 5 nitrogen and oxygen atoms in total. The molecule has 0 bridgehead atoms. The van der Waals surface area contributed by atoms with Crippen molar-refractivity contribution in [2.45, 2.75) is 56.6 Å². The van der Waals surface area contributed by atoms with Crippen LogP contribution in [0.15, 0.2) is 4.99 Å². The number of aliphatic imine (C=N–C) groups is 1. The molecule has 150 valence electrons. The summed E-state index contributed by atoms with van der Waals surface area (Å²) in [6.45, 7) is 6.73. The Hall–Kier alpha value is -0.180. The summed E-state index contributed by atoms with van der Waals surface area (Å²) >= 11 is 2.21. The lowest BCUT2D eigenvalue weighted by Gasteiger charge is -2.45. The highest BCUT2D eigenvalue weighted by molar-refractivity contribution is 14.0. The van der Waals surface area contributed by atoms with Crippen LogP contribution in [0.3, 0.4) is 0 Å². The van der Waals surface area contributed by atoms with E-state index in [0.717, 1.165) is 51.5 Å². The van der Waals surface area contributed by atoms with Crippen molar-refractivity contribution in [2.24, 2.45) is 10.9 Å². The van der Waals surface area contributed by atoms with Crippen LogP contribution in [0.1, 0.15) is 51.9 Å². The first-order chi connectivity index (χ1) is 12.1. The number of piperidine rings is 1. The molecule has 3 fully saturated rings. The lowest BCUT2D eigenvalue weighted by atomic mass is 9.87. The molecule has 0 unspecified atom stereocenters. The summed E-state index contributed by atoms with van der Waals surface area (Å²) in [6.07, 6.45) is 9.13. The molecule has 0 atom stereocenters.